The third kappa shape index (κ3) is 2.61. The molecule has 0 bridgehead atoms. The van der Waals surface area contributed by atoms with E-state index < -0.39 is 17.1 Å². The topological polar surface area (TPSA) is 140 Å². The molecule has 2 aromatic rings. The van der Waals surface area contributed by atoms with Gasteiger partial charge >= 0.3 is 5.69 Å². The second-order valence-electron chi connectivity index (χ2n) is 4.14. The Kier molecular flexibility index (Phi) is 3.58. The Labute approximate surface area is 107 Å². The minimum absolute atomic E-state index is 0.0700. The van der Waals surface area contributed by atoms with Crippen LogP contribution in [-0.2, 0) is 0 Å². The van der Waals surface area contributed by atoms with Gasteiger partial charge in [-0.15, -0.1) is 0 Å². The number of aliphatic hydroxyl groups is 1. The highest BCUT2D eigenvalue weighted by molar-refractivity contribution is 5.93. The molecular weight excluding hydrogens is 254 g/mol. The largest absolute Gasteiger partial charge is 0.392 e. The number of aromatic nitrogens is 2. The molecule has 102 valence electrons. The van der Waals surface area contributed by atoms with Crippen LogP contribution < -0.4 is 11.1 Å². The molecule has 19 heavy (non-hydrogen) atoms. The van der Waals surface area contributed by atoms with Crippen molar-refractivity contribution in [2.75, 3.05) is 11.9 Å². The monoisotopic (exact) mass is 267 g/mol. The highest BCUT2D eigenvalue weighted by atomic mass is 16.6. The van der Waals surface area contributed by atoms with Gasteiger partial charge in [-0.3, -0.25) is 10.1 Å². The summed E-state index contributed by atoms with van der Waals surface area (Å²) in [5.41, 5.74) is 6.34. The van der Waals surface area contributed by atoms with Crippen molar-refractivity contribution >= 4 is 22.4 Å². The van der Waals surface area contributed by atoms with Gasteiger partial charge in [-0.05, 0) is 23.3 Å². The van der Waals surface area contributed by atoms with E-state index in [4.69, 9.17) is 5.73 Å². The third-order valence-corrected chi connectivity index (χ3v) is 2.74. The summed E-state index contributed by atoms with van der Waals surface area (Å²) in [4.78, 5) is 10.2. The summed E-state index contributed by atoms with van der Waals surface area (Å²) in [6, 6.07) is 2.34. The Morgan fingerprint density at radius 2 is 2.21 bits per heavy atom. The zero-order chi connectivity index (χ0) is 14.0. The average molecular weight is 267 g/mol. The number of hydrogen-bond acceptors (Lipinski definition) is 8. The summed E-state index contributed by atoms with van der Waals surface area (Å²) in [7, 11) is 0. The van der Waals surface area contributed by atoms with Crippen LogP contribution >= 0.6 is 0 Å². The number of anilines is 1. The molecule has 1 aromatic heterocycles. The first-order valence-electron chi connectivity index (χ1n) is 5.58. The molecule has 0 saturated heterocycles. The van der Waals surface area contributed by atoms with Crippen LogP contribution in [-0.4, -0.2) is 39.0 Å². The van der Waals surface area contributed by atoms with E-state index in [0.717, 1.165) is 0 Å². The van der Waals surface area contributed by atoms with E-state index in [1.807, 2.05) is 0 Å². The Hall–Kier alpha value is -2.26. The summed E-state index contributed by atoms with van der Waals surface area (Å²) in [5.74, 6) is 0. The lowest BCUT2D eigenvalue weighted by Gasteiger charge is -2.15. The molecule has 0 aliphatic carbocycles. The molecule has 0 radical (unpaired) electrons. The fraction of sp³-hybridized carbons (Fsp3) is 0.400. The fourth-order valence-electron chi connectivity index (χ4n) is 1.54. The lowest BCUT2D eigenvalue weighted by Crippen LogP contribution is -2.38. The van der Waals surface area contributed by atoms with E-state index >= 15 is 0 Å². The number of hydrogen-bond donors (Lipinski definition) is 3. The molecule has 4 N–H and O–H groups in total. The molecule has 1 heterocycles. The maximum Gasteiger partial charge on any atom is 0.300 e. The van der Waals surface area contributed by atoms with Crippen LogP contribution in [0, 0.1) is 10.1 Å². The number of nitro benzene ring substituents is 1. The molecule has 9 heteroatoms. The van der Waals surface area contributed by atoms with Crippen LogP contribution in [0.5, 0.6) is 0 Å². The van der Waals surface area contributed by atoms with Gasteiger partial charge in [0.25, 0.3) is 0 Å². The van der Waals surface area contributed by atoms with E-state index in [1.54, 1.807) is 6.92 Å². The van der Waals surface area contributed by atoms with E-state index in [1.165, 1.54) is 12.1 Å². The third-order valence-electron chi connectivity index (χ3n) is 2.74. The van der Waals surface area contributed by atoms with E-state index in [-0.39, 0.29) is 23.3 Å². The van der Waals surface area contributed by atoms with Gasteiger partial charge in [0.2, 0.25) is 5.52 Å². The summed E-state index contributed by atoms with van der Waals surface area (Å²) in [6.07, 6.45) is -0.670. The second-order valence-corrected chi connectivity index (χ2v) is 4.14. The molecule has 1 aromatic carbocycles. The number of nitrogens with zero attached hydrogens (tertiary/aromatic N) is 3. The van der Waals surface area contributed by atoms with Crippen molar-refractivity contribution < 1.29 is 14.7 Å². The van der Waals surface area contributed by atoms with Crippen LogP contribution in [0.25, 0.3) is 11.0 Å². The molecule has 0 saturated carbocycles. The van der Waals surface area contributed by atoms with Crippen molar-refractivity contribution in [1.29, 1.82) is 0 Å². The molecule has 0 amide bonds. The molecule has 2 atom stereocenters. The van der Waals surface area contributed by atoms with E-state index in [9.17, 15) is 15.2 Å². The average Bonchev–Trinajstić information content (AvgIpc) is 2.83. The summed E-state index contributed by atoms with van der Waals surface area (Å²) in [6.45, 7) is 1.87. The van der Waals surface area contributed by atoms with Gasteiger partial charge < -0.3 is 16.2 Å². The number of non-ortho nitro benzene ring substituents is 1. The number of aliphatic hydroxyl groups excluding tert-OH is 1. The Morgan fingerprint density at radius 3 is 2.84 bits per heavy atom. The minimum atomic E-state index is -0.670. The number of nitrogens with one attached hydrogen (secondary N) is 1. The minimum Gasteiger partial charge on any atom is -0.392 e. The predicted molar refractivity (Wildman–Crippen MR) is 66.6 cm³/mol. The van der Waals surface area contributed by atoms with Crippen LogP contribution in [0.3, 0.4) is 0 Å². The van der Waals surface area contributed by atoms with Gasteiger partial charge in [-0.2, -0.15) is 0 Å². The molecule has 0 spiro atoms. The van der Waals surface area contributed by atoms with Crippen LogP contribution in [0.4, 0.5) is 11.4 Å². The van der Waals surface area contributed by atoms with Gasteiger partial charge in [0.15, 0.2) is 5.52 Å². The fourth-order valence-corrected chi connectivity index (χ4v) is 1.54. The van der Waals surface area contributed by atoms with Gasteiger partial charge in [0.05, 0.1) is 16.7 Å². The highest BCUT2D eigenvalue weighted by Crippen LogP contribution is 2.28. The number of benzene rings is 1. The maximum atomic E-state index is 10.8. The van der Waals surface area contributed by atoms with Crippen molar-refractivity contribution in [3.05, 3.63) is 22.2 Å². The smallest absolute Gasteiger partial charge is 0.300 e. The van der Waals surface area contributed by atoms with E-state index in [0.29, 0.717) is 5.69 Å². The highest BCUT2D eigenvalue weighted by Gasteiger charge is 2.20. The molecule has 2 rings (SSSR count). The number of fused-ring (bicyclic) bond motifs is 1. The van der Waals surface area contributed by atoms with Crippen molar-refractivity contribution in [2.45, 2.75) is 19.1 Å². The Balaban J connectivity index is 2.28. The van der Waals surface area contributed by atoms with Crippen LogP contribution in [0.15, 0.2) is 16.8 Å². The number of rotatable bonds is 5. The first kappa shape index (κ1) is 13.2. The van der Waals surface area contributed by atoms with Gasteiger partial charge in [-0.25, -0.2) is 4.63 Å². The summed E-state index contributed by atoms with van der Waals surface area (Å²) in [5, 5.41) is 30.2. The van der Waals surface area contributed by atoms with Crippen LogP contribution in [0.1, 0.15) is 6.92 Å². The zero-order valence-electron chi connectivity index (χ0n) is 10.1. The van der Waals surface area contributed by atoms with Crippen molar-refractivity contribution in [3.8, 4) is 0 Å². The second kappa shape index (κ2) is 5.16. The van der Waals surface area contributed by atoms with Crippen molar-refractivity contribution in [1.82, 2.24) is 10.3 Å². The maximum absolute atomic E-state index is 10.8. The van der Waals surface area contributed by atoms with E-state index in [2.05, 4.69) is 20.3 Å². The molecule has 0 aliphatic rings. The first-order valence-corrected chi connectivity index (χ1v) is 5.58. The van der Waals surface area contributed by atoms with Crippen LogP contribution in [0.2, 0.25) is 0 Å². The van der Waals surface area contributed by atoms with Gasteiger partial charge in [-0.1, -0.05) is 0 Å². The van der Waals surface area contributed by atoms with Crippen molar-refractivity contribution in [3.63, 3.8) is 0 Å². The number of nitrogens with two attached hydrogens (primary N) is 1. The Morgan fingerprint density at radius 1 is 1.53 bits per heavy atom. The Bertz CT molecular complexity index is 597. The standard InChI is InChI=1S/C10H13N5O4/c1-5(16)6(11)4-12-7-2-3-8(15(17)18)10-9(7)13-19-14-10/h2-3,5-6,12,16H,4,11H2,1H3. The summed E-state index contributed by atoms with van der Waals surface area (Å²) >= 11 is 0. The van der Waals surface area contributed by atoms with Gasteiger partial charge in [0.1, 0.15) is 0 Å². The lowest BCUT2D eigenvalue weighted by molar-refractivity contribution is -0.383. The lowest BCUT2D eigenvalue weighted by atomic mass is 10.2. The first-order chi connectivity index (χ1) is 9.00. The predicted octanol–water partition coefficient (Wildman–Crippen LogP) is 0.251. The molecule has 0 aliphatic heterocycles. The van der Waals surface area contributed by atoms with Crippen molar-refractivity contribution in [2.24, 2.45) is 5.73 Å². The summed E-state index contributed by atoms with van der Waals surface area (Å²) < 4.78 is 4.53. The number of nitro groups is 1. The zero-order valence-corrected chi connectivity index (χ0v) is 10.1. The normalized spacial score (nSPS) is 14.3. The quantitative estimate of drug-likeness (QED) is 0.517. The SMILES string of the molecule is CC(O)C(N)CNc1ccc([N+](=O)[O-])c2nonc12. The molecule has 2 unspecified atom stereocenters. The molecule has 0 fully saturated rings. The van der Waals surface area contributed by atoms with Gasteiger partial charge in [0, 0.05) is 18.7 Å². The molecule has 9 nitrogen and oxygen atoms in total. The molecular formula is C10H13N5O4.